The molecule has 1 heterocycles. The van der Waals surface area contributed by atoms with Crippen molar-refractivity contribution in [2.75, 3.05) is 6.61 Å². The Morgan fingerprint density at radius 2 is 1.90 bits per heavy atom. The van der Waals surface area contributed by atoms with E-state index in [0.29, 0.717) is 12.2 Å². The van der Waals surface area contributed by atoms with Crippen LogP contribution in [0, 0.1) is 12.7 Å². The number of halogens is 1. The van der Waals surface area contributed by atoms with Gasteiger partial charge in [-0.05, 0) is 73.7 Å². The number of benzene rings is 2. The maximum atomic E-state index is 13.9. The molecule has 1 atom stereocenters. The molecule has 1 aromatic heterocycles. The van der Waals surface area contributed by atoms with Crippen molar-refractivity contribution < 1.29 is 19.0 Å². The first-order valence-electron chi connectivity index (χ1n) is 10.6. The van der Waals surface area contributed by atoms with E-state index in [2.05, 4.69) is 25.3 Å². The number of rotatable bonds is 8. The zero-order chi connectivity index (χ0) is 22.0. The van der Waals surface area contributed by atoms with E-state index in [0.717, 1.165) is 46.4 Å². The number of carboxylic acid groups (broad SMARTS) is 1. The van der Waals surface area contributed by atoms with Crippen LogP contribution in [0.2, 0.25) is 0 Å². The van der Waals surface area contributed by atoms with Crippen LogP contribution < -0.4 is 4.74 Å². The van der Waals surface area contributed by atoms with Gasteiger partial charge in [0.15, 0.2) is 0 Å². The van der Waals surface area contributed by atoms with Gasteiger partial charge in [0, 0.05) is 16.8 Å². The smallest absolute Gasteiger partial charge is 0.310 e. The lowest BCUT2D eigenvalue weighted by molar-refractivity contribution is -0.138. The lowest BCUT2D eigenvalue weighted by Gasteiger charge is -2.17. The third-order valence-electron chi connectivity index (χ3n) is 5.53. The molecule has 160 valence electrons. The molecule has 0 bridgehead atoms. The van der Waals surface area contributed by atoms with Crippen molar-refractivity contribution in [2.45, 2.75) is 59.3 Å². The van der Waals surface area contributed by atoms with Crippen LogP contribution in [0.25, 0.3) is 16.6 Å². The molecule has 3 rings (SSSR count). The SMILES string of the molecule is CCCCOc1ccc2c(c1)c(C(C)C(=O)O)c(C(C)C)n2-c1ccc(F)c(C)c1. The fraction of sp³-hybridized carbons (Fsp3) is 0.400. The van der Waals surface area contributed by atoms with Crippen LogP contribution in [0.15, 0.2) is 36.4 Å². The van der Waals surface area contributed by atoms with Gasteiger partial charge >= 0.3 is 5.97 Å². The Morgan fingerprint density at radius 1 is 1.17 bits per heavy atom. The molecule has 30 heavy (non-hydrogen) atoms. The predicted molar refractivity (Wildman–Crippen MR) is 119 cm³/mol. The van der Waals surface area contributed by atoms with Crippen LogP contribution >= 0.6 is 0 Å². The molecule has 1 unspecified atom stereocenters. The summed E-state index contributed by atoms with van der Waals surface area (Å²) in [6.45, 7) is 10.3. The molecule has 2 aromatic carbocycles. The highest BCUT2D eigenvalue weighted by Crippen LogP contribution is 2.40. The largest absolute Gasteiger partial charge is 0.494 e. The van der Waals surface area contributed by atoms with Crippen molar-refractivity contribution in [3.8, 4) is 11.4 Å². The molecule has 0 fully saturated rings. The van der Waals surface area contributed by atoms with E-state index in [9.17, 15) is 14.3 Å². The molecule has 0 aliphatic carbocycles. The molecule has 0 aliphatic rings. The molecule has 3 aromatic rings. The zero-order valence-electron chi connectivity index (χ0n) is 18.3. The monoisotopic (exact) mass is 411 g/mol. The fourth-order valence-corrected chi connectivity index (χ4v) is 3.93. The van der Waals surface area contributed by atoms with Crippen molar-refractivity contribution in [3.63, 3.8) is 0 Å². The lowest BCUT2D eigenvalue weighted by Crippen LogP contribution is -2.12. The van der Waals surface area contributed by atoms with Crippen LogP contribution in [0.5, 0.6) is 5.75 Å². The maximum absolute atomic E-state index is 13.9. The number of fused-ring (bicyclic) bond motifs is 1. The van der Waals surface area contributed by atoms with Crippen molar-refractivity contribution in [1.82, 2.24) is 4.57 Å². The molecular formula is C25H30FNO3. The second kappa shape index (κ2) is 8.90. The van der Waals surface area contributed by atoms with E-state index in [-0.39, 0.29) is 11.7 Å². The Labute approximate surface area is 177 Å². The van der Waals surface area contributed by atoms with Gasteiger partial charge in [0.25, 0.3) is 0 Å². The standard InChI is InChI=1S/C25H30FNO3/c1-6-7-12-30-19-9-11-22-20(14-19)23(17(5)25(28)29)24(15(2)3)27(22)18-8-10-21(26)16(4)13-18/h8-11,13-15,17H,6-7,12H2,1-5H3,(H,28,29). The molecule has 4 nitrogen and oxygen atoms in total. The summed E-state index contributed by atoms with van der Waals surface area (Å²) in [5.41, 5.74) is 3.99. The van der Waals surface area contributed by atoms with E-state index < -0.39 is 11.9 Å². The molecule has 0 radical (unpaired) electrons. The van der Waals surface area contributed by atoms with Gasteiger partial charge in [0.1, 0.15) is 11.6 Å². The summed E-state index contributed by atoms with van der Waals surface area (Å²) >= 11 is 0. The first-order chi connectivity index (χ1) is 14.3. The summed E-state index contributed by atoms with van der Waals surface area (Å²) in [4.78, 5) is 12.0. The number of carbonyl (C=O) groups is 1. The Morgan fingerprint density at radius 3 is 2.50 bits per heavy atom. The Bertz CT molecular complexity index is 1070. The van der Waals surface area contributed by atoms with Crippen LogP contribution in [-0.2, 0) is 4.79 Å². The first-order valence-corrected chi connectivity index (χ1v) is 10.6. The number of hydrogen-bond acceptors (Lipinski definition) is 2. The Hall–Kier alpha value is -2.82. The highest BCUT2D eigenvalue weighted by molar-refractivity contribution is 5.93. The minimum Gasteiger partial charge on any atom is -0.494 e. The number of ether oxygens (including phenoxy) is 1. The number of carboxylic acids is 1. The fourth-order valence-electron chi connectivity index (χ4n) is 3.93. The third-order valence-corrected chi connectivity index (χ3v) is 5.53. The molecule has 0 spiro atoms. The first kappa shape index (κ1) is 21.9. The van der Waals surface area contributed by atoms with Crippen molar-refractivity contribution in [3.05, 3.63) is 59.0 Å². The average molecular weight is 412 g/mol. The van der Waals surface area contributed by atoms with Crippen LogP contribution in [0.4, 0.5) is 4.39 Å². The van der Waals surface area contributed by atoms with E-state index in [1.54, 1.807) is 19.9 Å². The van der Waals surface area contributed by atoms with Crippen molar-refractivity contribution >= 4 is 16.9 Å². The van der Waals surface area contributed by atoms with Gasteiger partial charge in [-0.15, -0.1) is 0 Å². The Balaban J connectivity index is 2.32. The predicted octanol–water partition coefficient (Wildman–Crippen LogP) is 6.57. The molecule has 0 aliphatic heterocycles. The highest BCUT2D eigenvalue weighted by Gasteiger charge is 2.28. The van der Waals surface area contributed by atoms with Gasteiger partial charge in [-0.3, -0.25) is 4.79 Å². The topological polar surface area (TPSA) is 51.5 Å². The van der Waals surface area contributed by atoms with Gasteiger partial charge in [-0.2, -0.15) is 0 Å². The lowest BCUT2D eigenvalue weighted by atomic mass is 9.93. The van der Waals surface area contributed by atoms with Gasteiger partial charge in [0.05, 0.1) is 18.0 Å². The minimum absolute atomic E-state index is 0.0732. The number of aryl methyl sites for hydroxylation is 1. The van der Waals surface area contributed by atoms with Crippen LogP contribution in [0.1, 0.15) is 69.2 Å². The highest BCUT2D eigenvalue weighted by atomic mass is 19.1. The minimum atomic E-state index is -0.872. The summed E-state index contributed by atoms with van der Waals surface area (Å²) in [6, 6.07) is 10.8. The second-order valence-corrected chi connectivity index (χ2v) is 8.16. The zero-order valence-corrected chi connectivity index (χ0v) is 18.3. The molecule has 0 saturated heterocycles. The average Bonchev–Trinajstić information content (AvgIpc) is 3.04. The molecule has 1 N–H and O–H groups in total. The van der Waals surface area contributed by atoms with Crippen LogP contribution in [0.3, 0.4) is 0 Å². The van der Waals surface area contributed by atoms with Crippen molar-refractivity contribution in [2.24, 2.45) is 0 Å². The maximum Gasteiger partial charge on any atom is 0.310 e. The third kappa shape index (κ3) is 4.07. The number of aromatic nitrogens is 1. The normalized spacial score (nSPS) is 12.5. The number of nitrogens with zero attached hydrogens (tertiary/aromatic N) is 1. The van der Waals surface area contributed by atoms with E-state index in [4.69, 9.17) is 4.74 Å². The van der Waals surface area contributed by atoms with Gasteiger partial charge < -0.3 is 14.4 Å². The number of aliphatic carboxylic acids is 1. The molecule has 5 heteroatoms. The van der Waals surface area contributed by atoms with Gasteiger partial charge in [-0.1, -0.05) is 27.2 Å². The quantitative estimate of drug-likeness (QED) is 0.427. The van der Waals surface area contributed by atoms with E-state index in [1.165, 1.54) is 6.07 Å². The Kier molecular flexibility index (Phi) is 6.49. The summed E-state index contributed by atoms with van der Waals surface area (Å²) in [6.07, 6.45) is 2.00. The summed E-state index contributed by atoms with van der Waals surface area (Å²) in [7, 11) is 0. The van der Waals surface area contributed by atoms with Crippen molar-refractivity contribution in [1.29, 1.82) is 0 Å². The second-order valence-electron chi connectivity index (χ2n) is 8.16. The van der Waals surface area contributed by atoms with E-state index in [1.807, 2.05) is 24.3 Å². The van der Waals surface area contributed by atoms with Crippen LogP contribution in [-0.4, -0.2) is 22.2 Å². The summed E-state index contributed by atoms with van der Waals surface area (Å²) in [5.74, 6) is -1.00. The summed E-state index contributed by atoms with van der Waals surface area (Å²) < 4.78 is 21.9. The number of unbranched alkanes of at least 4 members (excludes halogenated alkanes) is 1. The molecular weight excluding hydrogens is 381 g/mol. The summed E-state index contributed by atoms with van der Waals surface area (Å²) in [5, 5.41) is 10.7. The van der Waals surface area contributed by atoms with Gasteiger partial charge in [0.2, 0.25) is 0 Å². The molecule has 0 saturated carbocycles. The molecule has 0 amide bonds. The van der Waals surface area contributed by atoms with E-state index >= 15 is 0 Å². The van der Waals surface area contributed by atoms with Gasteiger partial charge in [-0.25, -0.2) is 4.39 Å². The number of hydrogen-bond donors (Lipinski definition) is 1.